The van der Waals surface area contributed by atoms with Crippen molar-refractivity contribution in [3.05, 3.63) is 41.6 Å². The topological polar surface area (TPSA) is 93.9 Å². The molecule has 8 heteroatoms. The second-order valence-electron chi connectivity index (χ2n) is 6.85. The molecule has 0 bridgehead atoms. The molecule has 1 aromatic heterocycles. The van der Waals surface area contributed by atoms with Gasteiger partial charge in [0, 0.05) is 18.2 Å². The number of ether oxygens (including phenoxy) is 2. The molecule has 0 aliphatic heterocycles. The van der Waals surface area contributed by atoms with Crippen LogP contribution in [-0.2, 0) is 6.54 Å². The normalized spacial score (nSPS) is 10.9. The summed E-state index contributed by atoms with van der Waals surface area (Å²) in [6.45, 7) is 7.63. The van der Waals surface area contributed by atoms with Crippen LogP contribution < -0.4 is 14.8 Å². The van der Waals surface area contributed by atoms with Gasteiger partial charge in [-0.1, -0.05) is 0 Å². The molecular weight excluding hydrogens is 362 g/mol. The molecule has 0 saturated heterocycles. The van der Waals surface area contributed by atoms with E-state index in [1.165, 1.54) is 13.4 Å². The standard InChI is InChI=1S/C20H27N3O5/c1-12(2)21-19(24)16-11-28-18(22-16)10-23(13(3)4)20(25)15-8-7-14(26-5)9-17(15)27-6/h7-9,11-13H,10H2,1-6H3,(H,21,24). The molecule has 1 heterocycles. The molecule has 0 spiro atoms. The number of nitrogens with one attached hydrogen (secondary N) is 1. The van der Waals surface area contributed by atoms with Crippen LogP contribution in [-0.4, -0.2) is 48.0 Å². The number of hydrogen-bond acceptors (Lipinski definition) is 6. The van der Waals surface area contributed by atoms with Crippen LogP contribution in [0.3, 0.4) is 0 Å². The summed E-state index contributed by atoms with van der Waals surface area (Å²) in [4.78, 5) is 31.0. The first-order valence-electron chi connectivity index (χ1n) is 9.05. The minimum atomic E-state index is -0.316. The van der Waals surface area contributed by atoms with Crippen LogP contribution in [0.25, 0.3) is 0 Å². The number of aromatic nitrogens is 1. The van der Waals surface area contributed by atoms with Gasteiger partial charge in [0.05, 0.1) is 26.3 Å². The number of nitrogens with zero attached hydrogens (tertiary/aromatic N) is 2. The highest BCUT2D eigenvalue weighted by Crippen LogP contribution is 2.27. The van der Waals surface area contributed by atoms with Crippen molar-refractivity contribution in [3.8, 4) is 11.5 Å². The van der Waals surface area contributed by atoms with Gasteiger partial charge in [0.1, 0.15) is 17.8 Å². The van der Waals surface area contributed by atoms with E-state index in [1.54, 1.807) is 30.2 Å². The van der Waals surface area contributed by atoms with Gasteiger partial charge >= 0.3 is 0 Å². The quantitative estimate of drug-likeness (QED) is 0.746. The van der Waals surface area contributed by atoms with Crippen LogP contribution in [0.2, 0.25) is 0 Å². The third-order valence-corrected chi connectivity index (χ3v) is 4.03. The maximum absolute atomic E-state index is 13.1. The summed E-state index contributed by atoms with van der Waals surface area (Å²) >= 11 is 0. The predicted molar refractivity (Wildman–Crippen MR) is 104 cm³/mol. The highest BCUT2D eigenvalue weighted by molar-refractivity contribution is 5.97. The maximum Gasteiger partial charge on any atom is 0.273 e. The minimum absolute atomic E-state index is 0.0103. The summed E-state index contributed by atoms with van der Waals surface area (Å²) in [7, 11) is 3.05. The lowest BCUT2D eigenvalue weighted by molar-refractivity contribution is 0.0668. The zero-order chi connectivity index (χ0) is 20.8. The number of amides is 2. The van der Waals surface area contributed by atoms with E-state index in [1.807, 2.05) is 27.7 Å². The minimum Gasteiger partial charge on any atom is -0.497 e. The largest absolute Gasteiger partial charge is 0.497 e. The molecule has 0 aliphatic carbocycles. The lowest BCUT2D eigenvalue weighted by atomic mass is 10.1. The number of hydrogen-bond donors (Lipinski definition) is 1. The first kappa shape index (κ1) is 21.3. The third-order valence-electron chi connectivity index (χ3n) is 4.03. The smallest absolute Gasteiger partial charge is 0.273 e. The second-order valence-corrected chi connectivity index (χ2v) is 6.85. The van der Waals surface area contributed by atoms with Gasteiger partial charge in [-0.05, 0) is 39.8 Å². The van der Waals surface area contributed by atoms with E-state index in [0.717, 1.165) is 0 Å². The molecule has 1 aromatic carbocycles. The Labute approximate surface area is 164 Å². The molecule has 28 heavy (non-hydrogen) atoms. The highest BCUT2D eigenvalue weighted by atomic mass is 16.5. The van der Waals surface area contributed by atoms with Crippen molar-refractivity contribution in [2.45, 2.75) is 46.3 Å². The lowest BCUT2D eigenvalue weighted by Crippen LogP contribution is -2.36. The number of oxazole rings is 1. The van der Waals surface area contributed by atoms with Crippen molar-refractivity contribution in [2.24, 2.45) is 0 Å². The zero-order valence-electron chi connectivity index (χ0n) is 17.1. The van der Waals surface area contributed by atoms with Crippen LogP contribution in [0.15, 0.2) is 28.9 Å². The molecule has 1 N–H and O–H groups in total. The average Bonchev–Trinajstić information content (AvgIpc) is 3.13. The number of rotatable bonds is 8. The van der Waals surface area contributed by atoms with Gasteiger partial charge in [0.25, 0.3) is 11.8 Å². The van der Waals surface area contributed by atoms with Crippen LogP contribution >= 0.6 is 0 Å². The first-order valence-corrected chi connectivity index (χ1v) is 9.05. The molecule has 2 aromatic rings. The van der Waals surface area contributed by atoms with Crippen LogP contribution in [0.4, 0.5) is 0 Å². The Morgan fingerprint density at radius 2 is 1.89 bits per heavy atom. The monoisotopic (exact) mass is 389 g/mol. The summed E-state index contributed by atoms with van der Waals surface area (Å²) in [5.74, 6) is 0.742. The summed E-state index contributed by atoms with van der Waals surface area (Å²) in [5, 5.41) is 2.75. The van der Waals surface area contributed by atoms with Gasteiger partial charge in [-0.2, -0.15) is 0 Å². The van der Waals surface area contributed by atoms with Gasteiger partial charge in [-0.3, -0.25) is 9.59 Å². The molecular formula is C20H27N3O5. The number of methoxy groups -OCH3 is 2. The van der Waals surface area contributed by atoms with E-state index >= 15 is 0 Å². The predicted octanol–water partition coefficient (Wildman–Crippen LogP) is 2.88. The SMILES string of the molecule is COc1ccc(C(=O)N(Cc2nc(C(=O)NC(C)C)co2)C(C)C)c(OC)c1. The van der Waals surface area contributed by atoms with Crippen LogP contribution in [0.1, 0.15) is 54.4 Å². The molecule has 2 rings (SSSR count). The highest BCUT2D eigenvalue weighted by Gasteiger charge is 2.25. The van der Waals surface area contributed by atoms with E-state index < -0.39 is 0 Å². The fourth-order valence-electron chi connectivity index (χ4n) is 2.59. The molecule has 2 amide bonds. The van der Waals surface area contributed by atoms with Gasteiger partial charge in [-0.25, -0.2) is 4.98 Å². The summed E-state index contributed by atoms with van der Waals surface area (Å²) in [6.07, 6.45) is 1.30. The summed E-state index contributed by atoms with van der Waals surface area (Å²) in [5.41, 5.74) is 0.586. The molecule has 0 unspecified atom stereocenters. The van der Waals surface area contributed by atoms with E-state index in [0.29, 0.717) is 17.1 Å². The van der Waals surface area contributed by atoms with Crippen LogP contribution in [0, 0.1) is 0 Å². The Morgan fingerprint density at radius 3 is 2.46 bits per heavy atom. The van der Waals surface area contributed by atoms with E-state index in [-0.39, 0.29) is 42.0 Å². The van der Waals surface area contributed by atoms with Gasteiger partial charge < -0.3 is 24.1 Å². The van der Waals surface area contributed by atoms with Crippen molar-refractivity contribution in [1.29, 1.82) is 0 Å². The molecule has 0 atom stereocenters. The molecule has 0 saturated carbocycles. The maximum atomic E-state index is 13.1. The fraction of sp³-hybridized carbons (Fsp3) is 0.450. The molecule has 8 nitrogen and oxygen atoms in total. The Kier molecular flexibility index (Phi) is 7.03. The average molecular weight is 389 g/mol. The first-order chi connectivity index (χ1) is 13.3. The summed E-state index contributed by atoms with van der Waals surface area (Å²) in [6, 6.07) is 4.88. The lowest BCUT2D eigenvalue weighted by Gasteiger charge is -2.26. The molecule has 0 radical (unpaired) electrons. The van der Waals surface area contributed by atoms with Gasteiger partial charge in [0.15, 0.2) is 5.69 Å². The third kappa shape index (κ3) is 5.03. The Morgan fingerprint density at radius 1 is 1.18 bits per heavy atom. The van der Waals surface area contributed by atoms with Crippen molar-refractivity contribution < 1.29 is 23.5 Å². The van der Waals surface area contributed by atoms with E-state index in [2.05, 4.69) is 10.3 Å². The van der Waals surface area contributed by atoms with Crippen molar-refractivity contribution in [1.82, 2.24) is 15.2 Å². The Hall–Kier alpha value is -3.03. The Bertz CT molecular complexity index is 829. The number of carbonyl (C=O) groups is 2. The van der Waals surface area contributed by atoms with Gasteiger partial charge in [0.2, 0.25) is 5.89 Å². The zero-order valence-corrected chi connectivity index (χ0v) is 17.1. The fourth-order valence-corrected chi connectivity index (χ4v) is 2.59. The van der Waals surface area contributed by atoms with Crippen LogP contribution in [0.5, 0.6) is 11.5 Å². The Balaban J connectivity index is 2.23. The molecule has 0 fully saturated rings. The van der Waals surface area contributed by atoms with E-state index in [4.69, 9.17) is 13.9 Å². The molecule has 0 aliphatic rings. The number of benzene rings is 1. The van der Waals surface area contributed by atoms with Crippen molar-refractivity contribution in [2.75, 3.05) is 14.2 Å². The number of carbonyl (C=O) groups excluding carboxylic acids is 2. The van der Waals surface area contributed by atoms with E-state index in [9.17, 15) is 9.59 Å². The summed E-state index contributed by atoms with van der Waals surface area (Å²) < 4.78 is 15.9. The van der Waals surface area contributed by atoms with Crippen molar-refractivity contribution >= 4 is 11.8 Å². The second kappa shape index (κ2) is 9.25. The van der Waals surface area contributed by atoms with Gasteiger partial charge in [-0.15, -0.1) is 0 Å². The van der Waals surface area contributed by atoms with Crippen molar-refractivity contribution in [3.63, 3.8) is 0 Å². The molecule has 152 valence electrons.